The topological polar surface area (TPSA) is 33.5 Å². The zero-order chi connectivity index (χ0) is 14.7. The quantitative estimate of drug-likeness (QED) is 0.857. The number of anilines is 1. The Morgan fingerprint density at radius 3 is 2.67 bits per heavy atom. The molecule has 2 heterocycles. The molecule has 21 heavy (non-hydrogen) atoms. The van der Waals surface area contributed by atoms with Crippen molar-refractivity contribution in [2.24, 2.45) is 7.05 Å². The van der Waals surface area contributed by atoms with Crippen molar-refractivity contribution in [2.75, 3.05) is 38.2 Å². The Bertz CT molecular complexity index is 587. The van der Waals surface area contributed by atoms with Crippen LogP contribution in [0.25, 0.3) is 0 Å². The van der Waals surface area contributed by atoms with Gasteiger partial charge in [-0.15, -0.1) is 0 Å². The lowest BCUT2D eigenvalue weighted by Gasteiger charge is -2.36. The van der Waals surface area contributed by atoms with E-state index in [9.17, 15) is 0 Å². The minimum absolute atomic E-state index is 0.919. The Morgan fingerprint density at radius 2 is 2.00 bits per heavy atom. The highest BCUT2D eigenvalue weighted by Crippen LogP contribution is 2.22. The minimum atomic E-state index is 0.919. The van der Waals surface area contributed by atoms with Gasteiger partial charge < -0.3 is 14.2 Å². The molecule has 0 amide bonds. The fraction of sp³-hybridized carbons (Fsp3) is 0.438. The van der Waals surface area contributed by atoms with Crippen molar-refractivity contribution in [2.45, 2.75) is 6.54 Å². The van der Waals surface area contributed by atoms with Crippen LogP contribution in [-0.2, 0) is 13.6 Å². The number of hydrogen-bond donors (Lipinski definition) is 0. The Morgan fingerprint density at radius 1 is 1.19 bits per heavy atom. The summed E-state index contributed by atoms with van der Waals surface area (Å²) >= 11 is 0. The van der Waals surface area contributed by atoms with Gasteiger partial charge in [0.05, 0.1) is 13.7 Å². The van der Waals surface area contributed by atoms with E-state index in [0.29, 0.717) is 0 Å². The molecule has 0 spiro atoms. The molecule has 1 aliphatic rings. The second kappa shape index (κ2) is 6.18. The third-order valence-corrected chi connectivity index (χ3v) is 4.08. The van der Waals surface area contributed by atoms with Gasteiger partial charge >= 0.3 is 0 Å². The van der Waals surface area contributed by atoms with Gasteiger partial charge in [0.15, 0.2) is 0 Å². The summed E-state index contributed by atoms with van der Waals surface area (Å²) in [6, 6.07) is 8.29. The van der Waals surface area contributed by atoms with E-state index < -0.39 is 0 Å². The molecule has 0 saturated carbocycles. The summed E-state index contributed by atoms with van der Waals surface area (Å²) < 4.78 is 7.39. The number of methoxy groups -OCH3 is 1. The standard InChI is InChI=1S/C16H22N4O/c1-18-7-6-17-16(18)13-19-8-10-20(11-9-19)14-4-3-5-15(12-14)21-2/h3-7,12H,8-11,13H2,1-2H3. The first-order chi connectivity index (χ1) is 10.3. The van der Waals surface area contributed by atoms with E-state index in [1.54, 1.807) is 7.11 Å². The molecule has 0 N–H and O–H groups in total. The van der Waals surface area contributed by atoms with Crippen LogP contribution >= 0.6 is 0 Å². The van der Waals surface area contributed by atoms with Crippen molar-refractivity contribution >= 4 is 5.69 Å². The summed E-state index contributed by atoms with van der Waals surface area (Å²) in [7, 11) is 3.76. The highest BCUT2D eigenvalue weighted by atomic mass is 16.5. The lowest BCUT2D eigenvalue weighted by molar-refractivity contribution is 0.242. The summed E-state index contributed by atoms with van der Waals surface area (Å²) in [5.41, 5.74) is 1.24. The Balaban J connectivity index is 1.58. The van der Waals surface area contributed by atoms with Crippen molar-refractivity contribution in [1.82, 2.24) is 14.5 Å². The van der Waals surface area contributed by atoms with Gasteiger partial charge in [-0.1, -0.05) is 6.07 Å². The van der Waals surface area contributed by atoms with Crippen molar-refractivity contribution in [3.05, 3.63) is 42.5 Å². The zero-order valence-corrected chi connectivity index (χ0v) is 12.7. The van der Waals surface area contributed by atoms with Gasteiger partial charge in [0.25, 0.3) is 0 Å². The van der Waals surface area contributed by atoms with Crippen LogP contribution in [0, 0.1) is 0 Å². The normalized spacial score (nSPS) is 16.2. The molecular formula is C16H22N4O. The summed E-state index contributed by atoms with van der Waals surface area (Å²) in [5.74, 6) is 2.05. The Kier molecular flexibility index (Phi) is 4.10. The number of imidazole rings is 1. The molecule has 2 aromatic rings. The maximum absolute atomic E-state index is 5.30. The summed E-state index contributed by atoms with van der Waals surface area (Å²) in [6.07, 6.45) is 3.86. The lowest BCUT2D eigenvalue weighted by Crippen LogP contribution is -2.46. The van der Waals surface area contributed by atoms with Crippen molar-refractivity contribution in [3.8, 4) is 5.75 Å². The number of benzene rings is 1. The van der Waals surface area contributed by atoms with E-state index in [4.69, 9.17) is 4.74 Å². The van der Waals surface area contributed by atoms with E-state index in [-0.39, 0.29) is 0 Å². The van der Waals surface area contributed by atoms with Gasteiger partial charge in [0.1, 0.15) is 11.6 Å². The first-order valence-corrected chi connectivity index (χ1v) is 7.34. The third kappa shape index (κ3) is 3.19. The second-order valence-electron chi connectivity index (χ2n) is 5.42. The average molecular weight is 286 g/mol. The van der Waals surface area contributed by atoms with Crippen LogP contribution < -0.4 is 9.64 Å². The van der Waals surface area contributed by atoms with Crippen LogP contribution in [0.4, 0.5) is 5.69 Å². The number of aryl methyl sites for hydroxylation is 1. The predicted octanol–water partition coefficient (Wildman–Crippen LogP) is 1.75. The highest BCUT2D eigenvalue weighted by Gasteiger charge is 2.18. The van der Waals surface area contributed by atoms with Crippen molar-refractivity contribution in [3.63, 3.8) is 0 Å². The summed E-state index contributed by atoms with van der Waals surface area (Å²) in [6.45, 7) is 5.12. The first kappa shape index (κ1) is 13.9. The first-order valence-electron chi connectivity index (χ1n) is 7.34. The van der Waals surface area contributed by atoms with Crippen LogP contribution in [0.5, 0.6) is 5.75 Å². The molecule has 5 heteroatoms. The van der Waals surface area contributed by atoms with Crippen LogP contribution in [0.3, 0.4) is 0 Å². The molecule has 3 rings (SSSR count). The molecule has 0 bridgehead atoms. The third-order valence-electron chi connectivity index (χ3n) is 4.08. The fourth-order valence-corrected chi connectivity index (χ4v) is 2.72. The zero-order valence-electron chi connectivity index (χ0n) is 12.7. The highest BCUT2D eigenvalue weighted by molar-refractivity contribution is 5.51. The van der Waals surface area contributed by atoms with Crippen LogP contribution in [-0.4, -0.2) is 47.7 Å². The van der Waals surface area contributed by atoms with Crippen molar-refractivity contribution < 1.29 is 4.74 Å². The summed E-state index contributed by atoms with van der Waals surface area (Å²) in [4.78, 5) is 9.27. The number of rotatable bonds is 4. The van der Waals surface area contributed by atoms with E-state index in [2.05, 4.69) is 44.6 Å². The van der Waals surface area contributed by atoms with Crippen LogP contribution in [0.2, 0.25) is 0 Å². The lowest BCUT2D eigenvalue weighted by atomic mass is 10.2. The van der Waals surface area contributed by atoms with E-state index in [1.807, 2.05) is 18.5 Å². The van der Waals surface area contributed by atoms with Crippen molar-refractivity contribution in [1.29, 1.82) is 0 Å². The number of hydrogen-bond acceptors (Lipinski definition) is 4. The molecule has 0 aliphatic carbocycles. The van der Waals surface area contributed by atoms with E-state index in [0.717, 1.165) is 44.3 Å². The number of piperazine rings is 1. The van der Waals surface area contributed by atoms with Gasteiger partial charge in [-0.25, -0.2) is 4.98 Å². The minimum Gasteiger partial charge on any atom is -0.497 e. The monoisotopic (exact) mass is 286 g/mol. The number of nitrogens with zero attached hydrogens (tertiary/aromatic N) is 4. The number of ether oxygens (including phenoxy) is 1. The molecule has 1 aromatic heterocycles. The van der Waals surface area contributed by atoms with Gasteiger partial charge in [-0.3, -0.25) is 4.90 Å². The molecule has 0 atom stereocenters. The Labute approximate surface area is 125 Å². The molecule has 112 valence electrons. The van der Waals surface area contributed by atoms with Crippen LogP contribution in [0.1, 0.15) is 5.82 Å². The molecule has 1 aliphatic heterocycles. The van der Waals surface area contributed by atoms with Gasteiger partial charge in [0, 0.05) is 57.4 Å². The molecular weight excluding hydrogens is 264 g/mol. The molecule has 1 saturated heterocycles. The average Bonchev–Trinajstić information content (AvgIpc) is 2.93. The van der Waals surface area contributed by atoms with Gasteiger partial charge in [-0.2, -0.15) is 0 Å². The van der Waals surface area contributed by atoms with E-state index >= 15 is 0 Å². The van der Waals surface area contributed by atoms with Crippen LogP contribution in [0.15, 0.2) is 36.7 Å². The molecule has 0 radical (unpaired) electrons. The Hall–Kier alpha value is -2.01. The predicted molar refractivity (Wildman–Crippen MR) is 83.7 cm³/mol. The fourth-order valence-electron chi connectivity index (χ4n) is 2.72. The molecule has 1 fully saturated rings. The van der Waals surface area contributed by atoms with Gasteiger partial charge in [-0.05, 0) is 12.1 Å². The summed E-state index contributed by atoms with van der Waals surface area (Å²) in [5, 5.41) is 0. The smallest absolute Gasteiger partial charge is 0.122 e. The molecule has 5 nitrogen and oxygen atoms in total. The molecule has 0 unspecified atom stereocenters. The van der Waals surface area contributed by atoms with Gasteiger partial charge in [0.2, 0.25) is 0 Å². The maximum Gasteiger partial charge on any atom is 0.122 e. The SMILES string of the molecule is COc1cccc(N2CCN(Cc3nccn3C)CC2)c1. The molecule has 1 aromatic carbocycles. The second-order valence-corrected chi connectivity index (χ2v) is 5.42. The number of aromatic nitrogens is 2. The largest absolute Gasteiger partial charge is 0.497 e. The van der Waals surface area contributed by atoms with E-state index in [1.165, 1.54) is 5.69 Å². The maximum atomic E-state index is 5.30.